The first kappa shape index (κ1) is 34.4. The van der Waals surface area contributed by atoms with Crippen molar-refractivity contribution in [1.29, 1.82) is 0 Å². The number of nitrogens with one attached hydrogen (secondary N) is 1. The summed E-state index contributed by atoms with van der Waals surface area (Å²) in [5.74, 6) is 0.0552. The van der Waals surface area contributed by atoms with E-state index in [0.717, 1.165) is 40.1 Å². The van der Waals surface area contributed by atoms with Gasteiger partial charge >= 0.3 is 12.3 Å². The maximum atomic E-state index is 12.3. The Morgan fingerprint density at radius 2 is 1.55 bits per heavy atom. The average molecular weight is 661 g/mol. The number of para-hydroxylation sites is 1. The molecule has 0 bridgehead atoms. The van der Waals surface area contributed by atoms with Crippen LogP contribution in [0.5, 0.6) is 5.75 Å². The smallest absolute Gasteiger partial charge is 0.465 e. The van der Waals surface area contributed by atoms with Crippen LogP contribution in [-0.2, 0) is 10.5 Å². The molecule has 4 rings (SSSR count). The topological polar surface area (TPSA) is 123 Å². The number of thioether (sulfide) groups is 1. The maximum absolute atomic E-state index is 12.3. The molecular formula is C34H31F3N6O3S. The Morgan fingerprint density at radius 3 is 2.17 bits per heavy atom. The van der Waals surface area contributed by atoms with Gasteiger partial charge in [-0.2, -0.15) is 5.10 Å². The minimum atomic E-state index is -4.76. The lowest BCUT2D eigenvalue weighted by atomic mass is 10.1. The highest BCUT2D eigenvalue weighted by atomic mass is 32.2. The summed E-state index contributed by atoms with van der Waals surface area (Å²) in [5, 5.41) is 4.99. The molecule has 13 heteroatoms. The fourth-order valence-corrected chi connectivity index (χ4v) is 4.82. The molecule has 0 heterocycles. The molecule has 0 aromatic heterocycles. The number of benzene rings is 4. The molecule has 0 unspecified atom stereocenters. The van der Waals surface area contributed by atoms with Crippen molar-refractivity contribution in [1.82, 2.24) is 5.43 Å². The molecule has 0 aliphatic heterocycles. The van der Waals surface area contributed by atoms with E-state index in [2.05, 4.69) is 25.2 Å². The summed E-state index contributed by atoms with van der Waals surface area (Å²) in [5.41, 5.74) is 15.3. The lowest BCUT2D eigenvalue weighted by molar-refractivity contribution is -0.274. The predicted molar refractivity (Wildman–Crippen MR) is 181 cm³/mol. The predicted octanol–water partition coefficient (Wildman–Crippen LogP) is 7.60. The zero-order valence-corrected chi connectivity index (χ0v) is 26.5. The van der Waals surface area contributed by atoms with Crippen molar-refractivity contribution >= 4 is 52.7 Å². The fraction of sp³-hybridized carbons (Fsp3) is 0.147. The number of methoxy groups -OCH3 is 1. The summed E-state index contributed by atoms with van der Waals surface area (Å²) in [4.78, 5) is 24.8. The van der Waals surface area contributed by atoms with Crippen LogP contribution in [0, 0.1) is 13.8 Å². The van der Waals surface area contributed by atoms with Crippen molar-refractivity contribution in [2.24, 2.45) is 25.8 Å². The van der Waals surface area contributed by atoms with Crippen LogP contribution in [-0.4, -0.2) is 43.0 Å². The minimum Gasteiger partial charge on any atom is -0.465 e. The van der Waals surface area contributed by atoms with Crippen molar-refractivity contribution in [3.8, 4) is 5.75 Å². The standard InChI is InChI=1S/C34H31F3N6O3S/c1-22-5-4-6-23(2)30(22)42-33(47-20-25-9-13-27(14-10-25)32(44)45-3)43-41-19-24-7-11-26(12-8-24)31(38)40-21-39-28-15-17-29(18-16-28)46-34(35,36)37/h4-19,21H,20H2,1-3H3,(H,42,43)(H2,38,39,40)/b41-19+. The Hall–Kier alpha value is -5.43. The number of carbonyl (C=O) groups excluding carboxylic acids is 1. The second kappa shape index (κ2) is 16.2. The molecule has 0 spiro atoms. The molecule has 242 valence electrons. The van der Waals surface area contributed by atoms with Crippen LogP contribution >= 0.6 is 11.8 Å². The van der Waals surface area contributed by atoms with Crippen LogP contribution in [0.3, 0.4) is 0 Å². The van der Waals surface area contributed by atoms with Crippen LogP contribution in [0.2, 0.25) is 0 Å². The second-order valence-corrected chi connectivity index (χ2v) is 10.9. The van der Waals surface area contributed by atoms with Gasteiger partial charge in [-0.05, 0) is 72.5 Å². The molecule has 0 aliphatic carbocycles. The molecule has 0 saturated carbocycles. The van der Waals surface area contributed by atoms with E-state index < -0.39 is 6.36 Å². The van der Waals surface area contributed by atoms with Crippen molar-refractivity contribution in [3.63, 3.8) is 0 Å². The molecule has 3 N–H and O–H groups in total. The van der Waals surface area contributed by atoms with E-state index >= 15 is 0 Å². The number of esters is 1. The van der Waals surface area contributed by atoms with E-state index in [9.17, 15) is 18.0 Å². The molecule has 0 aliphatic rings. The maximum Gasteiger partial charge on any atom is 0.573 e. The van der Waals surface area contributed by atoms with Gasteiger partial charge in [0.15, 0.2) is 5.17 Å². The molecule has 47 heavy (non-hydrogen) atoms. The number of amidine groups is 2. The number of aryl methyl sites for hydroxylation is 2. The zero-order valence-electron chi connectivity index (χ0n) is 25.7. The average Bonchev–Trinajstić information content (AvgIpc) is 3.05. The van der Waals surface area contributed by atoms with Gasteiger partial charge in [0, 0.05) is 11.3 Å². The van der Waals surface area contributed by atoms with Crippen LogP contribution < -0.4 is 15.9 Å². The lowest BCUT2D eigenvalue weighted by Gasteiger charge is -2.09. The van der Waals surface area contributed by atoms with Gasteiger partial charge in [0.2, 0.25) is 0 Å². The monoisotopic (exact) mass is 660 g/mol. The van der Waals surface area contributed by atoms with Crippen LogP contribution in [0.15, 0.2) is 111 Å². The number of rotatable bonds is 10. The van der Waals surface area contributed by atoms with E-state index in [1.807, 2.05) is 56.3 Å². The molecule has 0 radical (unpaired) electrons. The number of nitrogens with zero attached hydrogens (tertiary/aromatic N) is 4. The summed E-state index contributed by atoms with van der Waals surface area (Å²) >= 11 is 1.47. The highest BCUT2D eigenvalue weighted by Gasteiger charge is 2.30. The van der Waals surface area contributed by atoms with Gasteiger partial charge in [0.25, 0.3) is 0 Å². The number of nitrogens with two attached hydrogens (primary N) is 1. The van der Waals surface area contributed by atoms with Crippen LogP contribution in [0.25, 0.3) is 0 Å². The van der Waals surface area contributed by atoms with Crippen molar-refractivity contribution in [3.05, 3.63) is 124 Å². The van der Waals surface area contributed by atoms with Gasteiger partial charge in [-0.3, -0.25) is 5.43 Å². The summed E-state index contributed by atoms with van der Waals surface area (Å²) in [7, 11) is 1.35. The highest BCUT2D eigenvalue weighted by molar-refractivity contribution is 8.13. The summed E-state index contributed by atoms with van der Waals surface area (Å²) < 4.78 is 45.6. The Labute approximate surface area is 274 Å². The second-order valence-electron chi connectivity index (χ2n) is 9.93. The first-order chi connectivity index (χ1) is 22.5. The van der Waals surface area contributed by atoms with Gasteiger partial charge in [-0.1, -0.05) is 66.4 Å². The Morgan fingerprint density at radius 1 is 0.915 bits per heavy atom. The van der Waals surface area contributed by atoms with Gasteiger partial charge in [-0.15, -0.1) is 13.2 Å². The van der Waals surface area contributed by atoms with Crippen molar-refractivity contribution in [2.45, 2.75) is 26.0 Å². The van der Waals surface area contributed by atoms with Crippen LogP contribution in [0.4, 0.5) is 24.5 Å². The molecule has 9 nitrogen and oxygen atoms in total. The molecule has 0 amide bonds. The Kier molecular flexibility index (Phi) is 11.9. The molecule has 0 fully saturated rings. The van der Waals surface area contributed by atoms with E-state index in [1.54, 1.807) is 30.5 Å². The van der Waals surface area contributed by atoms with Gasteiger partial charge in [-0.25, -0.2) is 19.8 Å². The molecule has 4 aromatic carbocycles. The molecule has 4 aromatic rings. The third kappa shape index (κ3) is 10.9. The number of aliphatic imine (C=N–C) groups is 3. The molecule has 0 atom stereocenters. The largest absolute Gasteiger partial charge is 0.573 e. The fourth-order valence-electron chi connectivity index (χ4n) is 4.05. The van der Waals surface area contributed by atoms with Gasteiger partial charge in [0.1, 0.15) is 17.9 Å². The lowest BCUT2D eigenvalue weighted by Crippen LogP contribution is -2.16. The normalized spacial score (nSPS) is 12.5. The van der Waals surface area contributed by atoms with E-state index in [0.29, 0.717) is 27.7 Å². The van der Waals surface area contributed by atoms with Crippen molar-refractivity contribution < 1.29 is 27.4 Å². The number of hydrazone groups is 1. The third-order valence-electron chi connectivity index (χ3n) is 6.46. The quantitative estimate of drug-likeness (QED) is 0.0782. The number of halogens is 3. The SMILES string of the molecule is COC(=O)c1ccc(CSC(=Nc2c(C)cccc2C)N/N=C/c2ccc(C(N)=NC=Nc3ccc(OC(F)(F)F)cc3)cc2)cc1. The Balaban J connectivity index is 1.40. The van der Waals surface area contributed by atoms with Gasteiger partial charge < -0.3 is 15.2 Å². The molecule has 0 saturated heterocycles. The number of carbonyl (C=O) groups is 1. The molecular weight excluding hydrogens is 629 g/mol. The first-order valence-corrected chi connectivity index (χ1v) is 15.1. The highest BCUT2D eigenvalue weighted by Crippen LogP contribution is 2.26. The number of hydrogen-bond acceptors (Lipinski definition) is 7. The Bertz CT molecular complexity index is 1770. The van der Waals surface area contributed by atoms with Gasteiger partial charge in [0.05, 0.1) is 30.3 Å². The zero-order chi connectivity index (χ0) is 33.8. The number of alkyl halides is 3. The minimum absolute atomic E-state index is 0.200. The summed E-state index contributed by atoms with van der Waals surface area (Å²) in [6.07, 6.45) is -1.89. The summed E-state index contributed by atoms with van der Waals surface area (Å²) in [6, 6.07) is 25.4. The van der Waals surface area contributed by atoms with E-state index in [-0.39, 0.29) is 17.6 Å². The van der Waals surface area contributed by atoms with E-state index in [4.69, 9.17) is 15.5 Å². The van der Waals surface area contributed by atoms with Crippen molar-refractivity contribution in [2.75, 3.05) is 7.11 Å². The number of ether oxygens (including phenoxy) is 2. The summed E-state index contributed by atoms with van der Waals surface area (Å²) in [6.45, 7) is 4.00. The first-order valence-electron chi connectivity index (χ1n) is 14.1. The number of hydrogen-bond donors (Lipinski definition) is 2. The third-order valence-corrected chi connectivity index (χ3v) is 7.39. The van der Waals surface area contributed by atoms with E-state index in [1.165, 1.54) is 37.3 Å². The van der Waals surface area contributed by atoms with Crippen LogP contribution in [0.1, 0.15) is 38.2 Å².